The Hall–Kier alpha value is -1.61. The van der Waals surface area contributed by atoms with Gasteiger partial charge in [-0.1, -0.05) is 37.3 Å². The Kier molecular flexibility index (Phi) is 3.82. The Labute approximate surface area is 109 Å². The van der Waals surface area contributed by atoms with Crippen LogP contribution in [0.15, 0.2) is 49.1 Å². The van der Waals surface area contributed by atoms with Gasteiger partial charge in [0.15, 0.2) is 0 Å². The molecule has 0 amide bonds. The third-order valence-electron chi connectivity index (χ3n) is 3.76. The van der Waals surface area contributed by atoms with Gasteiger partial charge in [0.05, 0.1) is 11.9 Å². The van der Waals surface area contributed by atoms with E-state index in [1.54, 1.807) is 0 Å². The lowest BCUT2D eigenvalue weighted by Crippen LogP contribution is -2.44. The van der Waals surface area contributed by atoms with Gasteiger partial charge in [-0.15, -0.1) is 0 Å². The summed E-state index contributed by atoms with van der Waals surface area (Å²) in [7, 11) is 4.29. The second-order valence-electron chi connectivity index (χ2n) is 4.88. The molecule has 1 aromatic carbocycles. The van der Waals surface area contributed by atoms with Crippen molar-refractivity contribution in [3.63, 3.8) is 0 Å². The lowest BCUT2D eigenvalue weighted by atomic mass is 9.85. The van der Waals surface area contributed by atoms with Crippen LogP contribution in [-0.4, -0.2) is 28.5 Å². The highest BCUT2D eigenvalue weighted by Crippen LogP contribution is 2.32. The standard InChI is InChI=1S/C15H21N3/c1-4-15(17(2)3,12-18-11-10-16-13-18)14-8-6-5-7-9-14/h5-11,13H,4,12H2,1-3H3. The van der Waals surface area contributed by atoms with Gasteiger partial charge in [-0.3, -0.25) is 4.90 Å². The minimum atomic E-state index is 0.0158. The zero-order valence-corrected chi connectivity index (χ0v) is 11.4. The quantitative estimate of drug-likeness (QED) is 0.805. The summed E-state index contributed by atoms with van der Waals surface area (Å²) in [5.41, 5.74) is 1.37. The molecule has 2 rings (SSSR count). The molecule has 0 saturated heterocycles. The summed E-state index contributed by atoms with van der Waals surface area (Å²) in [6.45, 7) is 3.16. The van der Waals surface area contributed by atoms with Gasteiger partial charge in [-0.25, -0.2) is 4.98 Å². The molecule has 0 aliphatic rings. The molecule has 0 saturated carbocycles. The highest BCUT2D eigenvalue weighted by atomic mass is 15.2. The second kappa shape index (κ2) is 5.36. The fourth-order valence-electron chi connectivity index (χ4n) is 2.55. The van der Waals surface area contributed by atoms with Gasteiger partial charge >= 0.3 is 0 Å². The lowest BCUT2D eigenvalue weighted by Gasteiger charge is -2.40. The maximum absolute atomic E-state index is 4.14. The van der Waals surface area contributed by atoms with Crippen molar-refractivity contribution >= 4 is 0 Å². The van der Waals surface area contributed by atoms with Crippen LogP contribution in [0.25, 0.3) is 0 Å². The molecule has 0 bridgehead atoms. The number of rotatable bonds is 5. The molecule has 18 heavy (non-hydrogen) atoms. The lowest BCUT2D eigenvalue weighted by molar-refractivity contribution is 0.120. The largest absolute Gasteiger partial charge is 0.335 e. The average molecular weight is 243 g/mol. The fraction of sp³-hybridized carbons (Fsp3) is 0.400. The first-order valence-electron chi connectivity index (χ1n) is 6.38. The first-order chi connectivity index (χ1) is 8.69. The van der Waals surface area contributed by atoms with Crippen LogP contribution in [0.3, 0.4) is 0 Å². The molecule has 0 aliphatic carbocycles. The second-order valence-corrected chi connectivity index (χ2v) is 4.88. The third-order valence-corrected chi connectivity index (χ3v) is 3.76. The maximum atomic E-state index is 4.14. The van der Waals surface area contributed by atoms with Crippen LogP contribution in [0, 0.1) is 0 Å². The number of nitrogens with zero attached hydrogens (tertiary/aromatic N) is 3. The van der Waals surface area contributed by atoms with E-state index in [1.807, 2.05) is 18.7 Å². The summed E-state index contributed by atoms with van der Waals surface area (Å²) in [5.74, 6) is 0. The highest BCUT2D eigenvalue weighted by Gasteiger charge is 2.32. The first-order valence-corrected chi connectivity index (χ1v) is 6.38. The van der Waals surface area contributed by atoms with Crippen molar-refractivity contribution in [3.8, 4) is 0 Å². The predicted octanol–water partition coefficient (Wildman–Crippen LogP) is 2.75. The van der Waals surface area contributed by atoms with E-state index < -0.39 is 0 Å². The minimum Gasteiger partial charge on any atom is -0.335 e. The molecule has 0 fully saturated rings. The summed E-state index contributed by atoms with van der Waals surface area (Å²) >= 11 is 0. The SMILES string of the molecule is CCC(Cn1ccnc1)(c1ccccc1)N(C)C. The van der Waals surface area contributed by atoms with Crippen LogP contribution >= 0.6 is 0 Å². The van der Waals surface area contributed by atoms with E-state index in [-0.39, 0.29) is 5.54 Å². The normalized spacial score (nSPS) is 14.7. The summed E-state index contributed by atoms with van der Waals surface area (Å²) in [4.78, 5) is 6.45. The predicted molar refractivity (Wildman–Crippen MR) is 74.3 cm³/mol. The van der Waals surface area contributed by atoms with Crippen LogP contribution < -0.4 is 0 Å². The van der Waals surface area contributed by atoms with Crippen LogP contribution in [0.4, 0.5) is 0 Å². The number of aromatic nitrogens is 2. The van der Waals surface area contributed by atoms with Crippen molar-refractivity contribution < 1.29 is 0 Å². The van der Waals surface area contributed by atoms with Gasteiger partial charge in [0, 0.05) is 18.9 Å². The van der Waals surface area contributed by atoms with Crippen molar-refractivity contribution in [2.45, 2.75) is 25.4 Å². The number of hydrogen-bond donors (Lipinski definition) is 0. The van der Waals surface area contributed by atoms with Gasteiger partial charge < -0.3 is 4.57 Å². The van der Waals surface area contributed by atoms with Gasteiger partial charge in [0.2, 0.25) is 0 Å². The first kappa shape index (κ1) is 12.8. The van der Waals surface area contributed by atoms with E-state index in [2.05, 4.69) is 65.8 Å². The van der Waals surface area contributed by atoms with E-state index in [4.69, 9.17) is 0 Å². The molecule has 0 radical (unpaired) electrons. The molecule has 96 valence electrons. The number of benzene rings is 1. The van der Waals surface area contributed by atoms with Crippen LogP contribution in [0.2, 0.25) is 0 Å². The smallest absolute Gasteiger partial charge is 0.0946 e. The Morgan fingerprint density at radius 2 is 1.94 bits per heavy atom. The molecule has 0 spiro atoms. The van der Waals surface area contributed by atoms with Crippen LogP contribution in [0.5, 0.6) is 0 Å². The number of hydrogen-bond acceptors (Lipinski definition) is 2. The Bertz CT molecular complexity index is 462. The number of likely N-dealkylation sites (N-methyl/N-ethyl adjacent to an activating group) is 1. The summed E-state index contributed by atoms with van der Waals surface area (Å²) < 4.78 is 2.15. The molecule has 3 nitrogen and oxygen atoms in total. The number of imidazole rings is 1. The molecule has 1 heterocycles. The molecule has 1 atom stereocenters. The molecule has 2 aromatic rings. The van der Waals surface area contributed by atoms with Crippen molar-refractivity contribution in [1.29, 1.82) is 0 Å². The molecule has 0 aliphatic heterocycles. The molecule has 3 heteroatoms. The van der Waals surface area contributed by atoms with Gasteiger partial charge in [0.1, 0.15) is 0 Å². The average Bonchev–Trinajstić information content (AvgIpc) is 2.89. The maximum Gasteiger partial charge on any atom is 0.0946 e. The topological polar surface area (TPSA) is 21.1 Å². The molecule has 1 unspecified atom stereocenters. The van der Waals surface area contributed by atoms with E-state index >= 15 is 0 Å². The van der Waals surface area contributed by atoms with E-state index in [9.17, 15) is 0 Å². The molecular formula is C15H21N3. The van der Waals surface area contributed by atoms with E-state index in [0.717, 1.165) is 13.0 Å². The fourth-order valence-corrected chi connectivity index (χ4v) is 2.55. The van der Waals surface area contributed by atoms with Gasteiger partial charge in [0.25, 0.3) is 0 Å². The van der Waals surface area contributed by atoms with E-state index in [0.29, 0.717) is 0 Å². The molecular weight excluding hydrogens is 222 g/mol. The summed E-state index contributed by atoms with van der Waals surface area (Å²) in [6, 6.07) is 10.7. The van der Waals surface area contributed by atoms with Crippen molar-refractivity contribution in [2.75, 3.05) is 14.1 Å². The Morgan fingerprint density at radius 1 is 1.22 bits per heavy atom. The van der Waals surface area contributed by atoms with Crippen molar-refractivity contribution in [2.24, 2.45) is 0 Å². The van der Waals surface area contributed by atoms with Crippen molar-refractivity contribution in [1.82, 2.24) is 14.5 Å². The monoisotopic (exact) mass is 243 g/mol. The minimum absolute atomic E-state index is 0.0158. The van der Waals surface area contributed by atoms with Gasteiger partial charge in [-0.2, -0.15) is 0 Å². The summed E-state index contributed by atoms with van der Waals surface area (Å²) in [6.07, 6.45) is 6.80. The summed E-state index contributed by atoms with van der Waals surface area (Å²) in [5, 5.41) is 0. The van der Waals surface area contributed by atoms with Crippen LogP contribution in [-0.2, 0) is 12.1 Å². The van der Waals surface area contributed by atoms with Gasteiger partial charge in [-0.05, 0) is 26.1 Å². The zero-order chi connectivity index (χ0) is 13.0. The van der Waals surface area contributed by atoms with Crippen molar-refractivity contribution in [3.05, 3.63) is 54.6 Å². The zero-order valence-electron chi connectivity index (χ0n) is 11.4. The van der Waals surface area contributed by atoms with Crippen LogP contribution in [0.1, 0.15) is 18.9 Å². The van der Waals surface area contributed by atoms with E-state index in [1.165, 1.54) is 5.56 Å². The highest BCUT2D eigenvalue weighted by molar-refractivity contribution is 5.24. The third kappa shape index (κ3) is 2.31. The molecule has 1 aromatic heterocycles. The Morgan fingerprint density at radius 3 is 2.44 bits per heavy atom. The molecule has 0 N–H and O–H groups in total. The Balaban J connectivity index is 2.40.